The van der Waals surface area contributed by atoms with E-state index < -0.39 is 0 Å². The van der Waals surface area contributed by atoms with Crippen LogP contribution in [0.3, 0.4) is 0 Å². The minimum atomic E-state index is -0.100. The Bertz CT molecular complexity index is 1090. The van der Waals surface area contributed by atoms with Crippen molar-refractivity contribution in [3.05, 3.63) is 48.0 Å². The van der Waals surface area contributed by atoms with Gasteiger partial charge in [-0.2, -0.15) is 5.26 Å². The monoisotopic (exact) mass is 488 g/mol. The van der Waals surface area contributed by atoms with Gasteiger partial charge in [0.05, 0.1) is 12.6 Å². The third-order valence-corrected chi connectivity index (χ3v) is 6.25. The fourth-order valence-electron chi connectivity index (χ4n) is 4.42. The number of nitrogens with zero attached hydrogens (tertiary/aromatic N) is 4. The predicted molar refractivity (Wildman–Crippen MR) is 143 cm³/mol. The van der Waals surface area contributed by atoms with Crippen molar-refractivity contribution in [1.82, 2.24) is 15.1 Å². The van der Waals surface area contributed by atoms with Gasteiger partial charge in [-0.25, -0.2) is 4.99 Å². The van der Waals surface area contributed by atoms with Crippen molar-refractivity contribution in [2.75, 3.05) is 26.2 Å². The number of rotatable bonds is 4. The lowest BCUT2D eigenvalue weighted by Gasteiger charge is -2.23. The van der Waals surface area contributed by atoms with E-state index in [-0.39, 0.29) is 23.8 Å². The normalized spacial score (nSPS) is 16.5. The van der Waals surface area contributed by atoms with Gasteiger partial charge in [0.25, 0.3) is 0 Å². The number of likely N-dealkylation sites (tertiary alicyclic amines) is 2. The van der Waals surface area contributed by atoms with Crippen LogP contribution in [0.1, 0.15) is 57.1 Å². The van der Waals surface area contributed by atoms with Crippen LogP contribution in [-0.2, 0) is 9.59 Å². The van der Waals surface area contributed by atoms with Gasteiger partial charge in [-0.15, -0.1) is 12.8 Å². The van der Waals surface area contributed by atoms with Crippen LogP contribution in [0.25, 0.3) is 10.8 Å². The highest BCUT2D eigenvalue weighted by atomic mass is 16.2. The zero-order chi connectivity index (χ0) is 26.3. The van der Waals surface area contributed by atoms with E-state index in [4.69, 9.17) is 11.0 Å². The number of nitrogens with two attached hydrogens (primary N) is 1. The molecule has 4 rings (SSSR count). The number of nitrogens with one attached hydrogen (secondary N) is 1. The number of guanidine groups is 1. The minimum absolute atomic E-state index is 0.100. The summed E-state index contributed by atoms with van der Waals surface area (Å²) in [5.41, 5.74) is 6.68. The first-order valence-corrected chi connectivity index (χ1v) is 12.3. The molecule has 2 aliphatic rings. The summed E-state index contributed by atoms with van der Waals surface area (Å²) in [6.45, 7) is 4.77. The molecule has 2 heterocycles. The third kappa shape index (κ3) is 8.32. The van der Waals surface area contributed by atoms with Crippen molar-refractivity contribution in [1.29, 1.82) is 5.26 Å². The minimum Gasteiger partial charge on any atom is -0.369 e. The Morgan fingerprint density at radius 3 is 2.47 bits per heavy atom. The third-order valence-electron chi connectivity index (χ3n) is 6.25. The van der Waals surface area contributed by atoms with E-state index in [1.54, 1.807) is 11.1 Å². The SMILES string of the molecule is C#C.C[C@H](N=C(N)NC#N)c1cccc2ccccc12.O=C(CN1CCCCCC1=O)N1CCCC1. The van der Waals surface area contributed by atoms with Crippen LogP contribution in [-0.4, -0.2) is 53.8 Å². The second-order valence-electron chi connectivity index (χ2n) is 8.71. The first-order chi connectivity index (χ1) is 17.5. The van der Waals surface area contributed by atoms with Crippen molar-refractivity contribution in [3.8, 4) is 19.0 Å². The second kappa shape index (κ2) is 15.1. The van der Waals surface area contributed by atoms with Crippen LogP contribution >= 0.6 is 0 Å². The van der Waals surface area contributed by atoms with Gasteiger partial charge in [-0.1, -0.05) is 48.9 Å². The summed E-state index contributed by atoms with van der Waals surface area (Å²) in [7, 11) is 0. The summed E-state index contributed by atoms with van der Waals surface area (Å²) in [6, 6.07) is 14.1. The average Bonchev–Trinajstić information content (AvgIpc) is 3.37. The van der Waals surface area contributed by atoms with Crippen LogP contribution in [0, 0.1) is 24.3 Å². The summed E-state index contributed by atoms with van der Waals surface area (Å²) in [5.74, 6) is 0.427. The van der Waals surface area contributed by atoms with Gasteiger partial charge in [0, 0.05) is 26.1 Å². The summed E-state index contributed by atoms with van der Waals surface area (Å²) in [5, 5.41) is 13.1. The average molecular weight is 489 g/mol. The Kier molecular flexibility index (Phi) is 11.8. The zero-order valence-electron chi connectivity index (χ0n) is 21.0. The first-order valence-electron chi connectivity index (χ1n) is 12.3. The van der Waals surface area contributed by atoms with E-state index in [1.165, 1.54) is 5.39 Å². The topological polar surface area (TPSA) is 115 Å². The van der Waals surface area contributed by atoms with E-state index >= 15 is 0 Å². The molecular formula is C28H36N6O2. The summed E-state index contributed by atoms with van der Waals surface area (Å²) >= 11 is 0. The van der Waals surface area contributed by atoms with E-state index in [0.29, 0.717) is 13.0 Å². The van der Waals surface area contributed by atoms with Crippen molar-refractivity contribution in [2.45, 2.75) is 51.5 Å². The number of aliphatic imine (C=N–C) groups is 1. The number of carbonyl (C=O) groups is 2. The summed E-state index contributed by atoms with van der Waals surface area (Å²) < 4.78 is 0. The Hall–Kier alpha value is -4.04. The highest BCUT2D eigenvalue weighted by Gasteiger charge is 2.23. The molecule has 0 unspecified atom stereocenters. The van der Waals surface area contributed by atoms with Gasteiger partial charge in [0.1, 0.15) is 0 Å². The fourth-order valence-corrected chi connectivity index (χ4v) is 4.42. The molecule has 2 aromatic rings. The largest absolute Gasteiger partial charge is 0.369 e. The van der Waals surface area contributed by atoms with Gasteiger partial charge in [0.15, 0.2) is 6.19 Å². The zero-order valence-corrected chi connectivity index (χ0v) is 21.0. The summed E-state index contributed by atoms with van der Waals surface area (Å²) in [4.78, 5) is 31.5. The number of fused-ring (bicyclic) bond motifs is 1. The second-order valence-corrected chi connectivity index (χ2v) is 8.71. The Labute approximate surface area is 214 Å². The van der Waals surface area contributed by atoms with Crippen LogP contribution in [0.4, 0.5) is 0 Å². The van der Waals surface area contributed by atoms with Crippen LogP contribution < -0.4 is 11.1 Å². The number of hydrogen-bond donors (Lipinski definition) is 2. The quantitative estimate of drug-likeness (QED) is 0.225. The van der Waals surface area contributed by atoms with Crippen LogP contribution in [0.15, 0.2) is 47.5 Å². The number of hydrogen-bond acceptors (Lipinski definition) is 4. The molecule has 0 aromatic heterocycles. The number of benzene rings is 2. The van der Waals surface area contributed by atoms with E-state index in [2.05, 4.69) is 41.4 Å². The van der Waals surface area contributed by atoms with Crippen molar-refractivity contribution in [2.24, 2.45) is 10.7 Å². The maximum absolute atomic E-state index is 11.9. The fraction of sp³-hybridized carbons (Fsp3) is 0.429. The maximum Gasteiger partial charge on any atom is 0.242 e. The molecule has 0 aliphatic carbocycles. The van der Waals surface area contributed by atoms with Crippen LogP contribution in [0.2, 0.25) is 0 Å². The van der Waals surface area contributed by atoms with E-state index in [9.17, 15) is 9.59 Å². The number of nitriles is 1. The van der Waals surface area contributed by atoms with Crippen molar-refractivity contribution < 1.29 is 9.59 Å². The van der Waals surface area contributed by atoms with E-state index in [0.717, 1.165) is 62.7 Å². The molecule has 2 fully saturated rings. The van der Waals surface area contributed by atoms with Gasteiger partial charge >= 0.3 is 0 Å². The number of terminal acetylenes is 1. The van der Waals surface area contributed by atoms with Gasteiger partial charge in [-0.3, -0.25) is 14.9 Å². The molecule has 8 nitrogen and oxygen atoms in total. The Morgan fingerprint density at radius 1 is 1.08 bits per heavy atom. The Balaban J connectivity index is 0.000000239. The molecule has 2 aromatic carbocycles. The molecule has 0 radical (unpaired) electrons. The van der Waals surface area contributed by atoms with Gasteiger partial charge in [-0.05, 0) is 48.9 Å². The van der Waals surface area contributed by atoms with Gasteiger partial charge < -0.3 is 15.5 Å². The predicted octanol–water partition coefficient (Wildman–Crippen LogP) is 3.55. The lowest BCUT2D eigenvalue weighted by atomic mass is 10.0. The Morgan fingerprint density at radius 2 is 1.75 bits per heavy atom. The number of amides is 2. The maximum atomic E-state index is 11.9. The standard InChI is InChI=1S/C14H14N4.C12H20N2O2.C2H2/c1-10(18-14(16)17-9-15)12-8-4-6-11-5-2-3-7-13(11)12;15-11-6-2-1-3-9-14(11)10-12(16)13-7-4-5-8-13;1-2/h2-8,10H,1H3,(H3,16,17,18);1-10H2;1-2H/t10-;;/m0../s1. The first kappa shape index (κ1) is 28.2. The van der Waals surface area contributed by atoms with Gasteiger partial charge in [0.2, 0.25) is 17.8 Å². The lowest BCUT2D eigenvalue weighted by molar-refractivity contribution is -0.139. The molecule has 36 heavy (non-hydrogen) atoms. The lowest BCUT2D eigenvalue weighted by Crippen LogP contribution is -2.41. The molecule has 3 N–H and O–H groups in total. The van der Waals surface area contributed by atoms with Crippen LogP contribution in [0.5, 0.6) is 0 Å². The highest BCUT2D eigenvalue weighted by Crippen LogP contribution is 2.26. The van der Waals surface area contributed by atoms with Crippen molar-refractivity contribution in [3.63, 3.8) is 0 Å². The molecule has 0 bridgehead atoms. The molecular weight excluding hydrogens is 452 g/mol. The number of carbonyl (C=O) groups excluding carboxylic acids is 2. The molecule has 8 heteroatoms. The smallest absolute Gasteiger partial charge is 0.242 e. The molecule has 2 aliphatic heterocycles. The highest BCUT2D eigenvalue weighted by molar-refractivity contribution is 5.87. The van der Waals surface area contributed by atoms with E-state index in [1.807, 2.05) is 36.1 Å². The molecule has 1 atom stereocenters. The van der Waals surface area contributed by atoms with Crippen molar-refractivity contribution >= 4 is 28.5 Å². The molecule has 190 valence electrons. The molecule has 0 spiro atoms. The molecule has 0 saturated carbocycles. The molecule has 2 saturated heterocycles. The molecule has 2 amide bonds. The summed E-state index contributed by atoms with van der Waals surface area (Å²) in [6.07, 6.45) is 15.7.